The third-order valence-electron chi connectivity index (χ3n) is 3.58. The molecule has 15 heavy (non-hydrogen) atoms. The Labute approximate surface area is 88.7 Å². The molecule has 4 rings (SSSR count). The molecule has 1 amide bonds. The molecule has 2 unspecified atom stereocenters. The van der Waals surface area contributed by atoms with Crippen molar-refractivity contribution in [2.75, 3.05) is 5.32 Å². The number of carbonyl (C=O) groups is 1. The van der Waals surface area contributed by atoms with Crippen LogP contribution in [-0.2, 0) is 17.6 Å². The second-order valence-electron chi connectivity index (χ2n) is 4.49. The Morgan fingerprint density at radius 2 is 2.07 bits per heavy atom. The lowest BCUT2D eigenvalue weighted by atomic mass is 9.83. The minimum Gasteiger partial charge on any atom is -0.381 e. The van der Waals surface area contributed by atoms with Gasteiger partial charge in [-0.25, -0.2) is 0 Å². The summed E-state index contributed by atoms with van der Waals surface area (Å²) >= 11 is 0. The Morgan fingerprint density at radius 3 is 2.67 bits per heavy atom. The molecule has 3 N–H and O–H groups in total. The van der Waals surface area contributed by atoms with E-state index in [-0.39, 0.29) is 17.9 Å². The summed E-state index contributed by atoms with van der Waals surface area (Å²) in [5.74, 6) is -0.357. The summed E-state index contributed by atoms with van der Waals surface area (Å²) in [6.07, 6.45) is 2.15. The van der Waals surface area contributed by atoms with Gasteiger partial charge in [0.1, 0.15) is 0 Å². The number of anilines is 1. The summed E-state index contributed by atoms with van der Waals surface area (Å²) in [7, 11) is 0. The van der Waals surface area contributed by atoms with Gasteiger partial charge >= 0.3 is 0 Å². The molecular weight excluding hydrogens is 188 g/mol. The van der Waals surface area contributed by atoms with Crippen molar-refractivity contribution in [2.45, 2.75) is 31.7 Å². The SMILES string of the molecule is CC1Nc2c3ccc(c2C1C(N)=O)CC3. The van der Waals surface area contributed by atoms with Gasteiger partial charge < -0.3 is 11.1 Å². The highest BCUT2D eigenvalue weighted by molar-refractivity contribution is 5.89. The average Bonchev–Trinajstić information content (AvgIpc) is 2.58. The second kappa shape index (κ2) is 2.75. The van der Waals surface area contributed by atoms with Crippen molar-refractivity contribution in [2.24, 2.45) is 5.73 Å². The second-order valence-corrected chi connectivity index (χ2v) is 4.49. The number of benzene rings is 1. The van der Waals surface area contributed by atoms with Crippen LogP contribution in [0.15, 0.2) is 12.1 Å². The molecule has 1 aromatic rings. The number of amides is 1. The van der Waals surface area contributed by atoms with Crippen molar-refractivity contribution < 1.29 is 4.79 Å². The molecule has 2 atom stereocenters. The zero-order chi connectivity index (χ0) is 10.6. The van der Waals surface area contributed by atoms with Crippen molar-refractivity contribution in [1.29, 1.82) is 0 Å². The lowest BCUT2D eigenvalue weighted by Crippen LogP contribution is -2.29. The molecule has 0 spiro atoms. The maximum Gasteiger partial charge on any atom is 0.227 e. The maximum atomic E-state index is 11.4. The Morgan fingerprint density at radius 1 is 1.40 bits per heavy atom. The number of nitrogens with two attached hydrogens (primary N) is 1. The minimum absolute atomic E-state index is 0.135. The molecule has 1 heterocycles. The first-order chi connectivity index (χ1) is 7.18. The molecule has 0 aromatic heterocycles. The average molecular weight is 202 g/mol. The van der Waals surface area contributed by atoms with Gasteiger partial charge in [0.05, 0.1) is 5.92 Å². The van der Waals surface area contributed by atoms with E-state index in [0.717, 1.165) is 12.8 Å². The van der Waals surface area contributed by atoms with Gasteiger partial charge in [-0.15, -0.1) is 0 Å². The van der Waals surface area contributed by atoms with Crippen molar-refractivity contribution in [3.63, 3.8) is 0 Å². The highest BCUT2D eigenvalue weighted by Gasteiger charge is 2.37. The lowest BCUT2D eigenvalue weighted by molar-refractivity contribution is -0.119. The van der Waals surface area contributed by atoms with E-state index in [1.807, 2.05) is 6.92 Å². The number of primary amides is 1. The number of rotatable bonds is 1. The highest BCUT2D eigenvalue weighted by atomic mass is 16.1. The van der Waals surface area contributed by atoms with Gasteiger partial charge in [-0.2, -0.15) is 0 Å². The first-order valence-electron chi connectivity index (χ1n) is 5.39. The topological polar surface area (TPSA) is 55.1 Å². The van der Waals surface area contributed by atoms with Gasteiger partial charge in [0.15, 0.2) is 0 Å². The number of carbonyl (C=O) groups excluding carboxylic acids is 1. The Hall–Kier alpha value is -1.51. The fraction of sp³-hybridized carbons (Fsp3) is 0.417. The van der Waals surface area contributed by atoms with E-state index in [1.54, 1.807) is 0 Å². The fourth-order valence-electron chi connectivity index (χ4n) is 2.88. The van der Waals surface area contributed by atoms with Gasteiger partial charge in [0.2, 0.25) is 5.91 Å². The molecule has 0 saturated heterocycles. The zero-order valence-electron chi connectivity index (χ0n) is 8.71. The summed E-state index contributed by atoms with van der Waals surface area (Å²) < 4.78 is 0. The van der Waals surface area contributed by atoms with Crippen LogP contribution in [0.3, 0.4) is 0 Å². The minimum atomic E-state index is -0.214. The first-order valence-corrected chi connectivity index (χ1v) is 5.39. The van der Waals surface area contributed by atoms with E-state index < -0.39 is 0 Å². The Bertz CT molecular complexity index is 453. The van der Waals surface area contributed by atoms with Crippen LogP contribution in [0.1, 0.15) is 29.5 Å². The van der Waals surface area contributed by atoms with Gasteiger partial charge in [-0.05, 0) is 36.5 Å². The van der Waals surface area contributed by atoms with Crippen molar-refractivity contribution in [1.82, 2.24) is 0 Å². The molecule has 2 aliphatic carbocycles. The smallest absolute Gasteiger partial charge is 0.227 e. The monoisotopic (exact) mass is 202 g/mol. The zero-order valence-corrected chi connectivity index (χ0v) is 8.71. The standard InChI is InChI=1S/C12H14N2O/c1-6-9(12(13)15)10-7-2-4-8(5-3-7)11(10)14-6/h2,4,6,9,14H,3,5H2,1H3,(H2,13,15). The third kappa shape index (κ3) is 1.03. The number of aryl methyl sites for hydroxylation is 2. The van der Waals surface area contributed by atoms with Crippen LogP contribution >= 0.6 is 0 Å². The molecule has 3 nitrogen and oxygen atoms in total. The summed E-state index contributed by atoms with van der Waals surface area (Å²) in [5.41, 5.74) is 10.4. The van der Waals surface area contributed by atoms with E-state index in [9.17, 15) is 4.79 Å². The first kappa shape index (κ1) is 8.77. The van der Waals surface area contributed by atoms with Crippen molar-refractivity contribution in [3.8, 4) is 0 Å². The summed E-state index contributed by atoms with van der Waals surface area (Å²) in [6, 6.07) is 4.42. The maximum absolute atomic E-state index is 11.4. The van der Waals surface area contributed by atoms with Crippen molar-refractivity contribution >= 4 is 11.6 Å². The van der Waals surface area contributed by atoms with E-state index in [2.05, 4.69) is 17.4 Å². The molecule has 0 fully saturated rings. The van der Waals surface area contributed by atoms with Gasteiger partial charge in [-0.3, -0.25) is 4.79 Å². The predicted octanol–water partition coefficient (Wildman–Crippen LogP) is 1.17. The molecule has 1 aliphatic heterocycles. The van der Waals surface area contributed by atoms with Gasteiger partial charge in [0, 0.05) is 11.7 Å². The number of nitrogens with one attached hydrogen (secondary N) is 1. The van der Waals surface area contributed by atoms with Crippen LogP contribution in [0.4, 0.5) is 5.69 Å². The normalized spacial score (nSPS) is 26.2. The van der Waals surface area contributed by atoms with Crippen LogP contribution < -0.4 is 11.1 Å². The summed E-state index contributed by atoms with van der Waals surface area (Å²) in [4.78, 5) is 11.4. The van der Waals surface area contributed by atoms with E-state index >= 15 is 0 Å². The summed E-state index contributed by atoms with van der Waals surface area (Å²) in [6.45, 7) is 2.02. The molecular formula is C12H14N2O. The summed E-state index contributed by atoms with van der Waals surface area (Å²) in [5, 5.41) is 3.39. The third-order valence-corrected chi connectivity index (χ3v) is 3.58. The molecule has 3 aliphatic rings. The van der Waals surface area contributed by atoms with E-state index in [0.29, 0.717) is 0 Å². The molecule has 3 heteroatoms. The van der Waals surface area contributed by atoms with Crippen LogP contribution in [0.25, 0.3) is 0 Å². The van der Waals surface area contributed by atoms with Gasteiger partial charge in [-0.1, -0.05) is 12.1 Å². The fourth-order valence-corrected chi connectivity index (χ4v) is 2.88. The molecule has 0 radical (unpaired) electrons. The Balaban J connectivity index is 2.22. The van der Waals surface area contributed by atoms with Crippen LogP contribution in [0, 0.1) is 0 Å². The largest absolute Gasteiger partial charge is 0.381 e. The van der Waals surface area contributed by atoms with Crippen LogP contribution in [-0.4, -0.2) is 11.9 Å². The van der Waals surface area contributed by atoms with Crippen LogP contribution in [0.2, 0.25) is 0 Å². The van der Waals surface area contributed by atoms with E-state index in [1.165, 1.54) is 22.4 Å². The van der Waals surface area contributed by atoms with Crippen LogP contribution in [0.5, 0.6) is 0 Å². The molecule has 1 aromatic carbocycles. The molecule has 2 bridgehead atoms. The lowest BCUT2D eigenvalue weighted by Gasteiger charge is -2.20. The molecule has 0 saturated carbocycles. The van der Waals surface area contributed by atoms with Gasteiger partial charge in [0.25, 0.3) is 0 Å². The Kier molecular flexibility index (Phi) is 1.61. The number of fused-ring (bicyclic) bond motifs is 2. The number of hydrogen-bond acceptors (Lipinski definition) is 2. The van der Waals surface area contributed by atoms with E-state index in [4.69, 9.17) is 5.73 Å². The number of hydrogen-bond donors (Lipinski definition) is 2. The predicted molar refractivity (Wildman–Crippen MR) is 58.9 cm³/mol. The van der Waals surface area contributed by atoms with Crippen molar-refractivity contribution in [3.05, 3.63) is 28.8 Å². The quantitative estimate of drug-likeness (QED) is 0.718. The molecule has 78 valence electrons. The highest BCUT2D eigenvalue weighted by Crippen LogP contribution is 2.43.